The van der Waals surface area contributed by atoms with Gasteiger partial charge in [0, 0.05) is 5.56 Å². The highest BCUT2D eigenvalue weighted by atomic mass is 32.1. The molecule has 1 amide bonds. The number of carbonyl (C=O) groups excluding carboxylic acids is 1. The van der Waals surface area contributed by atoms with Crippen LogP contribution in [0.3, 0.4) is 0 Å². The molecule has 78 valence electrons. The van der Waals surface area contributed by atoms with E-state index in [0.29, 0.717) is 0 Å². The van der Waals surface area contributed by atoms with Gasteiger partial charge in [0.25, 0.3) is 5.91 Å². The number of alkyl halides is 2. The molecule has 0 unspecified atom stereocenters. The largest absolute Gasteiger partial charge is 0.435 e. The van der Waals surface area contributed by atoms with E-state index in [1.807, 2.05) is 5.16 Å². The Hall–Kier alpha value is -1.65. The summed E-state index contributed by atoms with van der Waals surface area (Å²) in [5.41, 5.74) is 0.231. The monoisotopic (exact) mass is 229 g/mol. The van der Waals surface area contributed by atoms with E-state index >= 15 is 0 Å². The van der Waals surface area contributed by atoms with E-state index in [0.717, 1.165) is 0 Å². The number of carbonyl (C=O) groups is 1. The zero-order valence-electron chi connectivity index (χ0n) is 7.31. The first-order valence-corrected chi connectivity index (χ1v) is 4.21. The number of amides is 1. The van der Waals surface area contributed by atoms with Gasteiger partial charge in [0.15, 0.2) is 0 Å². The molecule has 0 radical (unpaired) electrons. The molecule has 0 fully saturated rings. The minimum atomic E-state index is -2.88. The van der Waals surface area contributed by atoms with E-state index in [-0.39, 0.29) is 11.3 Å². The van der Waals surface area contributed by atoms with Crippen molar-refractivity contribution in [1.29, 1.82) is 0 Å². The number of rotatable bonds is 3. The Balaban J connectivity index is 2.80. The van der Waals surface area contributed by atoms with E-state index < -0.39 is 12.5 Å². The Bertz CT molecular complexity index is 399. The Morgan fingerprint density at radius 2 is 2.00 bits per heavy atom. The zero-order valence-corrected chi connectivity index (χ0v) is 8.13. The van der Waals surface area contributed by atoms with Crippen LogP contribution in [0, 0.1) is 0 Å². The van der Waals surface area contributed by atoms with Crippen LogP contribution in [0.4, 0.5) is 8.78 Å². The maximum absolute atomic E-state index is 11.8. The number of halogens is 2. The third-order valence-corrected chi connectivity index (χ3v) is 1.56. The second kappa shape index (κ2) is 5.29. The number of ether oxygens (including phenoxy) is 1. The molecule has 1 rings (SSSR count). The van der Waals surface area contributed by atoms with Gasteiger partial charge in [-0.25, -0.2) is 0 Å². The molecule has 0 aliphatic carbocycles. The third-order valence-electron chi connectivity index (χ3n) is 1.47. The lowest BCUT2D eigenvalue weighted by Gasteiger charge is -2.03. The average Bonchev–Trinajstić information content (AvgIpc) is 2.18. The Morgan fingerprint density at radius 1 is 1.40 bits per heavy atom. The van der Waals surface area contributed by atoms with Gasteiger partial charge in [-0.3, -0.25) is 4.79 Å². The SMILES string of the molecule is O=C(N=C=S)c1ccc(OC(F)F)cc1. The van der Waals surface area contributed by atoms with E-state index in [2.05, 4.69) is 21.9 Å². The molecule has 0 atom stereocenters. The second-order valence-corrected chi connectivity index (χ2v) is 2.59. The molecule has 0 saturated carbocycles. The second-order valence-electron chi connectivity index (χ2n) is 2.41. The number of hydrogen-bond acceptors (Lipinski definition) is 3. The first-order valence-electron chi connectivity index (χ1n) is 3.80. The highest BCUT2D eigenvalue weighted by Crippen LogP contribution is 2.15. The Morgan fingerprint density at radius 3 is 2.47 bits per heavy atom. The van der Waals surface area contributed by atoms with Crippen molar-refractivity contribution < 1.29 is 18.3 Å². The van der Waals surface area contributed by atoms with Gasteiger partial charge in [-0.15, -0.1) is 0 Å². The van der Waals surface area contributed by atoms with Crippen LogP contribution in [0.2, 0.25) is 0 Å². The van der Waals surface area contributed by atoms with Gasteiger partial charge in [-0.2, -0.15) is 13.8 Å². The van der Waals surface area contributed by atoms with Crippen molar-refractivity contribution in [3.05, 3.63) is 29.8 Å². The third kappa shape index (κ3) is 3.53. The predicted molar refractivity (Wildman–Crippen MR) is 52.4 cm³/mol. The highest BCUT2D eigenvalue weighted by molar-refractivity contribution is 7.78. The Kier molecular flexibility index (Phi) is 4.03. The molecule has 0 saturated heterocycles. The zero-order chi connectivity index (χ0) is 11.3. The first-order chi connectivity index (χ1) is 7.13. The maximum atomic E-state index is 11.8. The maximum Gasteiger partial charge on any atom is 0.387 e. The van der Waals surface area contributed by atoms with Gasteiger partial charge >= 0.3 is 6.61 Å². The molecule has 0 bridgehead atoms. The molecule has 0 aliphatic heterocycles. The number of nitrogens with zero attached hydrogens (tertiary/aromatic N) is 1. The van der Waals surface area contributed by atoms with Crippen LogP contribution < -0.4 is 4.74 Å². The van der Waals surface area contributed by atoms with Gasteiger partial charge in [0.2, 0.25) is 0 Å². The summed E-state index contributed by atoms with van der Waals surface area (Å²) in [6, 6.07) is 5.13. The minimum absolute atomic E-state index is 0.0205. The molecule has 0 aromatic heterocycles. The summed E-state index contributed by atoms with van der Waals surface area (Å²) >= 11 is 4.25. The summed E-state index contributed by atoms with van der Waals surface area (Å²) < 4.78 is 27.6. The van der Waals surface area contributed by atoms with Gasteiger partial charge in [-0.05, 0) is 36.5 Å². The summed E-state index contributed by atoms with van der Waals surface area (Å²) in [4.78, 5) is 14.3. The summed E-state index contributed by atoms with van der Waals surface area (Å²) in [6.45, 7) is -2.88. The van der Waals surface area contributed by atoms with Crippen LogP contribution in [-0.2, 0) is 0 Å². The fraction of sp³-hybridized carbons (Fsp3) is 0.111. The molecule has 15 heavy (non-hydrogen) atoms. The van der Waals surface area contributed by atoms with Crippen LogP contribution in [0.5, 0.6) is 5.75 Å². The molecule has 1 aromatic rings. The van der Waals surface area contributed by atoms with Crippen molar-refractivity contribution in [2.24, 2.45) is 4.99 Å². The lowest BCUT2D eigenvalue weighted by Crippen LogP contribution is -2.02. The summed E-state index contributed by atoms with van der Waals surface area (Å²) in [5, 5.41) is 1.92. The minimum Gasteiger partial charge on any atom is -0.435 e. The molecule has 1 aromatic carbocycles. The van der Waals surface area contributed by atoms with Gasteiger partial charge in [0.1, 0.15) is 5.75 Å². The summed E-state index contributed by atoms with van der Waals surface area (Å²) in [7, 11) is 0. The quantitative estimate of drug-likeness (QED) is 0.590. The lowest BCUT2D eigenvalue weighted by molar-refractivity contribution is -0.0498. The molecule has 0 aliphatic rings. The number of benzene rings is 1. The van der Waals surface area contributed by atoms with Crippen LogP contribution in [0.15, 0.2) is 29.3 Å². The average molecular weight is 229 g/mol. The van der Waals surface area contributed by atoms with E-state index in [1.165, 1.54) is 24.3 Å². The van der Waals surface area contributed by atoms with E-state index in [4.69, 9.17) is 0 Å². The number of hydrogen-bond donors (Lipinski definition) is 0. The fourth-order valence-corrected chi connectivity index (χ4v) is 0.968. The normalized spacial score (nSPS) is 9.53. The number of aliphatic imine (C=N–C) groups is 1. The van der Waals surface area contributed by atoms with E-state index in [1.54, 1.807) is 0 Å². The molecule has 6 heteroatoms. The molecule has 3 nitrogen and oxygen atoms in total. The van der Waals surface area contributed by atoms with Gasteiger partial charge in [0.05, 0.1) is 5.16 Å². The van der Waals surface area contributed by atoms with Crippen molar-refractivity contribution in [3.63, 3.8) is 0 Å². The van der Waals surface area contributed by atoms with Crippen LogP contribution >= 0.6 is 12.2 Å². The first kappa shape index (κ1) is 11.4. The molecular weight excluding hydrogens is 224 g/mol. The molecule has 0 heterocycles. The highest BCUT2D eigenvalue weighted by Gasteiger charge is 2.06. The molecule has 0 N–H and O–H groups in total. The van der Waals surface area contributed by atoms with E-state index in [9.17, 15) is 13.6 Å². The predicted octanol–water partition coefficient (Wildman–Crippen LogP) is 2.53. The van der Waals surface area contributed by atoms with Crippen molar-refractivity contribution in [1.82, 2.24) is 0 Å². The molecule has 0 spiro atoms. The summed E-state index contributed by atoms with van der Waals surface area (Å²) in [5.74, 6) is -0.596. The van der Waals surface area contributed by atoms with Crippen LogP contribution in [0.1, 0.15) is 10.4 Å². The fourth-order valence-electron chi connectivity index (χ4n) is 0.885. The van der Waals surface area contributed by atoms with Crippen LogP contribution in [-0.4, -0.2) is 17.7 Å². The standard InChI is InChI=1S/C9H5F2NO2S/c10-9(11)14-7-3-1-6(2-4-7)8(13)12-5-15/h1-4,9H. The van der Waals surface area contributed by atoms with Crippen molar-refractivity contribution in [2.45, 2.75) is 6.61 Å². The van der Waals surface area contributed by atoms with Gasteiger partial charge < -0.3 is 4.74 Å². The van der Waals surface area contributed by atoms with Crippen molar-refractivity contribution in [2.75, 3.05) is 0 Å². The van der Waals surface area contributed by atoms with Gasteiger partial charge in [-0.1, -0.05) is 0 Å². The van der Waals surface area contributed by atoms with Crippen molar-refractivity contribution >= 4 is 23.3 Å². The smallest absolute Gasteiger partial charge is 0.387 e. The lowest BCUT2D eigenvalue weighted by atomic mass is 10.2. The van der Waals surface area contributed by atoms with Crippen LogP contribution in [0.25, 0.3) is 0 Å². The Labute approximate surface area is 89.4 Å². The number of isothiocyanates is 1. The van der Waals surface area contributed by atoms with Crippen molar-refractivity contribution in [3.8, 4) is 5.75 Å². The number of thiocarbonyl (C=S) groups is 1. The topological polar surface area (TPSA) is 38.7 Å². The summed E-state index contributed by atoms with van der Waals surface area (Å²) in [6.07, 6.45) is 0. The molecular formula is C9H5F2NO2S.